The van der Waals surface area contributed by atoms with Gasteiger partial charge in [-0.05, 0) is 30.7 Å². The van der Waals surface area contributed by atoms with E-state index in [2.05, 4.69) is 4.98 Å². The molecule has 0 spiro atoms. The molecule has 0 saturated carbocycles. The van der Waals surface area contributed by atoms with Gasteiger partial charge in [-0.2, -0.15) is 0 Å². The summed E-state index contributed by atoms with van der Waals surface area (Å²) in [7, 11) is 0. The third-order valence-electron chi connectivity index (χ3n) is 2.54. The van der Waals surface area contributed by atoms with Gasteiger partial charge in [0.05, 0.1) is 10.6 Å². The van der Waals surface area contributed by atoms with Crippen LogP contribution >= 0.6 is 11.6 Å². The summed E-state index contributed by atoms with van der Waals surface area (Å²) < 4.78 is 26.9. The Bertz CT molecular complexity index is 628. The standard InChI is InChI=1S/C13H8ClF2NO/c1-7-2-3-17-6-9(7)13(18)8-4-12(16)10(14)5-11(8)15/h2-6H,1H3. The lowest BCUT2D eigenvalue weighted by Crippen LogP contribution is -2.07. The van der Waals surface area contributed by atoms with Gasteiger partial charge in [0.15, 0.2) is 5.78 Å². The Hall–Kier alpha value is -1.81. The molecule has 2 aromatic rings. The number of carbonyl (C=O) groups excluding carboxylic acids is 1. The number of aromatic nitrogens is 1. The monoisotopic (exact) mass is 267 g/mol. The number of pyridine rings is 1. The Balaban J connectivity index is 2.53. The maximum Gasteiger partial charge on any atom is 0.197 e. The number of nitrogens with zero attached hydrogens (tertiary/aromatic N) is 1. The van der Waals surface area contributed by atoms with E-state index < -0.39 is 17.4 Å². The predicted octanol–water partition coefficient (Wildman–Crippen LogP) is 3.55. The highest BCUT2D eigenvalue weighted by atomic mass is 35.5. The number of rotatable bonds is 2. The SMILES string of the molecule is Cc1ccncc1C(=O)c1cc(F)c(Cl)cc1F. The van der Waals surface area contributed by atoms with Crippen LogP contribution in [0.4, 0.5) is 8.78 Å². The van der Waals surface area contributed by atoms with Gasteiger partial charge in [-0.3, -0.25) is 9.78 Å². The zero-order valence-corrected chi connectivity index (χ0v) is 10.1. The van der Waals surface area contributed by atoms with Crippen molar-refractivity contribution in [2.45, 2.75) is 6.92 Å². The molecule has 0 bridgehead atoms. The summed E-state index contributed by atoms with van der Waals surface area (Å²) in [4.78, 5) is 15.9. The molecule has 0 N–H and O–H groups in total. The molecule has 0 unspecified atom stereocenters. The van der Waals surface area contributed by atoms with E-state index in [4.69, 9.17) is 11.6 Å². The van der Waals surface area contributed by atoms with E-state index in [0.717, 1.165) is 12.1 Å². The van der Waals surface area contributed by atoms with E-state index in [0.29, 0.717) is 5.56 Å². The van der Waals surface area contributed by atoms with E-state index in [1.54, 1.807) is 13.0 Å². The average Bonchev–Trinajstić information content (AvgIpc) is 2.33. The van der Waals surface area contributed by atoms with Crippen molar-refractivity contribution in [3.05, 3.63) is 63.9 Å². The first kappa shape index (κ1) is 12.6. The second-order valence-corrected chi connectivity index (χ2v) is 4.17. The summed E-state index contributed by atoms with van der Waals surface area (Å²) in [6.07, 6.45) is 2.84. The van der Waals surface area contributed by atoms with E-state index >= 15 is 0 Å². The van der Waals surface area contributed by atoms with Crippen molar-refractivity contribution in [2.75, 3.05) is 0 Å². The molecule has 0 atom stereocenters. The highest BCUT2D eigenvalue weighted by molar-refractivity contribution is 6.30. The summed E-state index contributed by atoms with van der Waals surface area (Å²) in [5.74, 6) is -2.30. The molecule has 0 radical (unpaired) electrons. The maximum absolute atomic E-state index is 13.6. The van der Waals surface area contributed by atoms with Crippen molar-refractivity contribution in [3.8, 4) is 0 Å². The zero-order chi connectivity index (χ0) is 13.3. The van der Waals surface area contributed by atoms with E-state index in [1.807, 2.05) is 0 Å². The normalized spacial score (nSPS) is 10.4. The van der Waals surface area contributed by atoms with Crippen molar-refractivity contribution in [1.82, 2.24) is 4.98 Å². The highest BCUT2D eigenvalue weighted by Crippen LogP contribution is 2.22. The highest BCUT2D eigenvalue weighted by Gasteiger charge is 2.18. The van der Waals surface area contributed by atoms with Crippen LogP contribution in [0.3, 0.4) is 0 Å². The number of aryl methyl sites for hydroxylation is 1. The Morgan fingerprint density at radius 2 is 1.94 bits per heavy atom. The van der Waals surface area contributed by atoms with Gasteiger partial charge in [0.1, 0.15) is 11.6 Å². The smallest absolute Gasteiger partial charge is 0.197 e. The zero-order valence-electron chi connectivity index (χ0n) is 9.38. The van der Waals surface area contributed by atoms with Gasteiger partial charge in [0.25, 0.3) is 0 Å². The van der Waals surface area contributed by atoms with E-state index in [-0.39, 0.29) is 16.1 Å². The number of halogens is 3. The fourth-order valence-corrected chi connectivity index (χ4v) is 1.69. The minimum atomic E-state index is -0.852. The van der Waals surface area contributed by atoms with Gasteiger partial charge in [0.2, 0.25) is 0 Å². The van der Waals surface area contributed by atoms with Gasteiger partial charge in [0, 0.05) is 18.0 Å². The van der Waals surface area contributed by atoms with Gasteiger partial charge in [-0.15, -0.1) is 0 Å². The third-order valence-corrected chi connectivity index (χ3v) is 2.83. The largest absolute Gasteiger partial charge is 0.288 e. The predicted molar refractivity (Wildman–Crippen MR) is 63.8 cm³/mol. The average molecular weight is 268 g/mol. The number of ketones is 1. The summed E-state index contributed by atoms with van der Waals surface area (Å²) in [6.45, 7) is 1.69. The first-order valence-electron chi connectivity index (χ1n) is 5.10. The number of benzene rings is 1. The Kier molecular flexibility index (Phi) is 3.39. The fourth-order valence-electron chi connectivity index (χ4n) is 1.54. The van der Waals surface area contributed by atoms with E-state index in [1.165, 1.54) is 12.4 Å². The molecule has 0 fully saturated rings. The van der Waals surface area contributed by atoms with Crippen LogP contribution in [0.25, 0.3) is 0 Å². The van der Waals surface area contributed by atoms with Gasteiger partial charge in [-0.1, -0.05) is 11.6 Å². The Morgan fingerprint density at radius 1 is 1.22 bits per heavy atom. The Morgan fingerprint density at radius 3 is 2.61 bits per heavy atom. The molecule has 1 aromatic heterocycles. The van der Waals surface area contributed by atoms with Crippen molar-refractivity contribution >= 4 is 17.4 Å². The molecular formula is C13H8ClF2NO. The topological polar surface area (TPSA) is 30.0 Å². The number of carbonyl (C=O) groups is 1. The molecule has 0 saturated heterocycles. The molecule has 5 heteroatoms. The molecule has 2 nitrogen and oxygen atoms in total. The van der Waals surface area contributed by atoms with Crippen LogP contribution in [0.2, 0.25) is 5.02 Å². The molecule has 18 heavy (non-hydrogen) atoms. The van der Waals surface area contributed by atoms with Crippen LogP contribution in [-0.2, 0) is 0 Å². The van der Waals surface area contributed by atoms with Crippen LogP contribution in [-0.4, -0.2) is 10.8 Å². The first-order chi connectivity index (χ1) is 8.50. The van der Waals surface area contributed by atoms with Crippen molar-refractivity contribution in [3.63, 3.8) is 0 Å². The van der Waals surface area contributed by atoms with E-state index in [9.17, 15) is 13.6 Å². The lowest BCUT2D eigenvalue weighted by molar-refractivity contribution is 0.103. The van der Waals surface area contributed by atoms with Crippen LogP contribution in [0.15, 0.2) is 30.6 Å². The molecule has 92 valence electrons. The molecule has 0 aliphatic carbocycles. The minimum Gasteiger partial charge on any atom is -0.288 e. The molecule has 1 aromatic carbocycles. The summed E-state index contributed by atoms with van der Waals surface area (Å²) >= 11 is 5.43. The molecule has 2 rings (SSSR count). The lowest BCUT2D eigenvalue weighted by Gasteiger charge is -2.06. The van der Waals surface area contributed by atoms with Crippen molar-refractivity contribution < 1.29 is 13.6 Å². The molecule has 1 heterocycles. The number of hydrogen-bond donors (Lipinski definition) is 0. The van der Waals surface area contributed by atoms with Crippen LogP contribution in [0, 0.1) is 18.6 Å². The fraction of sp³-hybridized carbons (Fsp3) is 0.0769. The van der Waals surface area contributed by atoms with Crippen LogP contribution in [0.1, 0.15) is 21.5 Å². The van der Waals surface area contributed by atoms with Gasteiger partial charge >= 0.3 is 0 Å². The second-order valence-electron chi connectivity index (χ2n) is 3.77. The summed E-state index contributed by atoms with van der Waals surface area (Å²) in [5.41, 5.74) is 0.524. The minimum absolute atomic E-state index is 0.234. The quantitative estimate of drug-likeness (QED) is 0.615. The van der Waals surface area contributed by atoms with Crippen molar-refractivity contribution in [1.29, 1.82) is 0 Å². The van der Waals surface area contributed by atoms with Crippen molar-refractivity contribution in [2.24, 2.45) is 0 Å². The molecular weight excluding hydrogens is 260 g/mol. The molecule has 0 aliphatic rings. The Labute approximate surface area is 107 Å². The first-order valence-corrected chi connectivity index (χ1v) is 5.48. The second kappa shape index (κ2) is 4.82. The van der Waals surface area contributed by atoms with Crippen LogP contribution in [0.5, 0.6) is 0 Å². The summed E-state index contributed by atoms with van der Waals surface area (Å²) in [6, 6.07) is 3.21. The van der Waals surface area contributed by atoms with Gasteiger partial charge in [-0.25, -0.2) is 8.78 Å². The lowest BCUT2D eigenvalue weighted by atomic mass is 10.0. The van der Waals surface area contributed by atoms with Gasteiger partial charge < -0.3 is 0 Å². The summed E-state index contributed by atoms with van der Waals surface area (Å²) in [5, 5.41) is -0.355. The number of hydrogen-bond acceptors (Lipinski definition) is 2. The van der Waals surface area contributed by atoms with Crippen LogP contribution < -0.4 is 0 Å². The third kappa shape index (κ3) is 2.24. The molecule has 0 aliphatic heterocycles. The molecule has 0 amide bonds. The maximum atomic E-state index is 13.6.